The van der Waals surface area contributed by atoms with Crippen molar-refractivity contribution in [1.82, 2.24) is 49.8 Å². The molecule has 26 heteroatoms. The van der Waals surface area contributed by atoms with Crippen LogP contribution in [0.2, 0.25) is 0 Å². The lowest BCUT2D eigenvalue weighted by molar-refractivity contribution is 0.448. The lowest BCUT2D eigenvalue weighted by atomic mass is 10.0. The van der Waals surface area contributed by atoms with Crippen LogP contribution in [-0.2, 0) is 0 Å². The Labute approximate surface area is 764 Å². The van der Waals surface area contributed by atoms with Crippen molar-refractivity contribution in [3.05, 3.63) is 392 Å². The maximum atomic E-state index is 14.2. The number of hydrogen-bond donors (Lipinski definition) is 3. The number of aromatic nitrogens is 10. The van der Waals surface area contributed by atoms with Crippen molar-refractivity contribution < 1.29 is 48.3 Å². The second-order valence-corrected chi connectivity index (χ2v) is 30.7. The summed E-state index contributed by atoms with van der Waals surface area (Å²) in [5, 5.41) is 13.0. The third-order valence-electron chi connectivity index (χ3n) is 21.5. The van der Waals surface area contributed by atoms with Crippen LogP contribution in [0.3, 0.4) is 0 Å². The molecule has 0 aliphatic rings. The van der Waals surface area contributed by atoms with Crippen molar-refractivity contribution >= 4 is 83.6 Å². The highest BCUT2D eigenvalue weighted by Crippen LogP contribution is 2.39. The Morgan fingerprint density at radius 3 is 0.761 bits per heavy atom. The minimum Gasteiger partial charge on any atom is -0.373 e. The first-order valence-electron chi connectivity index (χ1n) is 41.6. The Bertz CT molecular complexity index is 7660. The van der Waals surface area contributed by atoms with Crippen LogP contribution >= 0.6 is 0 Å². The molecular formula is C108H82F11N15. The quantitative estimate of drug-likeness (QED) is 0.0653. The minimum atomic E-state index is -1.48. The zero-order chi connectivity index (χ0) is 93.1. The smallest absolute Gasteiger partial charge is 0.194 e. The molecular weight excluding hydrogens is 1720 g/mol. The topological polar surface area (TPSA) is 171 Å². The van der Waals surface area contributed by atoms with Gasteiger partial charge in [0.1, 0.15) is 52.4 Å². The summed E-state index contributed by atoms with van der Waals surface area (Å²) in [7, 11) is 12.9. The van der Waals surface area contributed by atoms with Gasteiger partial charge in [-0.3, -0.25) is 0 Å². The Kier molecular flexibility index (Phi) is 28.1. The summed E-state index contributed by atoms with van der Waals surface area (Å²) >= 11 is 0. The molecule has 666 valence electrons. The summed E-state index contributed by atoms with van der Waals surface area (Å²) in [4.78, 5) is 50.0. The molecule has 0 aliphatic heterocycles. The lowest BCUT2D eigenvalue weighted by Gasteiger charge is -2.16. The maximum Gasteiger partial charge on any atom is 0.194 e. The molecule has 134 heavy (non-hydrogen) atoms. The van der Waals surface area contributed by atoms with Gasteiger partial charge in [-0.05, 0) is 143 Å². The molecule has 20 aromatic rings. The van der Waals surface area contributed by atoms with E-state index < -0.39 is 64.0 Å². The molecule has 0 bridgehead atoms. The van der Waals surface area contributed by atoms with Crippen molar-refractivity contribution in [2.75, 3.05) is 75.1 Å². The Balaban J connectivity index is 0.000000127. The van der Waals surface area contributed by atoms with Gasteiger partial charge in [-0.15, -0.1) is 0 Å². The van der Waals surface area contributed by atoms with Gasteiger partial charge in [-0.2, -0.15) is 0 Å². The minimum absolute atomic E-state index is 0. The molecule has 0 saturated carbocycles. The van der Waals surface area contributed by atoms with Crippen LogP contribution in [0, 0.1) is 64.0 Å². The van der Waals surface area contributed by atoms with E-state index in [1.807, 2.05) is 220 Å². The molecule has 0 saturated heterocycles. The van der Waals surface area contributed by atoms with E-state index in [0.717, 1.165) is 119 Å². The number of nitrogens with one attached hydrogen (secondary N) is 3. The molecule has 20 rings (SSSR count). The van der Waals surface area contributed by atoms with Gasteiger partial charge in [-0.25, -0.2) is 98.1 Å². The first-order chi connectivity index (χ1) is 64.5. The van der Waals surface area contributed by atoms with E-state index in [9.17, 15) is 48.3 Å². The van der Waals surface area contributed by atoms with Gasteiger partial charge in [0.2, 0.25) is 0 Å². The van der Waals surface area contributed by atoms with Crippen molar-refractivity contribution in [3.63, 3.8) is 0 Å². The molecule has 0 unspecified atom stereocenters. The Morgan fingerprint density at radius 1 is 0.201 bits per heavy atom. The standard InChI is InChI=1S/2C22H17F2N3.C21H14F3N3.2C21H15F2N3.CH4/c1-27(2)22-17-13-15(16-9-6-10-18(23)20(16)24)11-12-19(17)25-21(26-22)14-7-4-3-5-8-14;1-27(2)22-18-12-15(17-10-9-16(23)13-19(17)24)8-11-20(18)25-21(26-22)14-6-4-3-5-7-14;1-25-21-15-9-13(14-10-16(22)19(24)17(23)11-14)7-8-18(15)26-20(27-21)12-5-3-2-4-6-12;1-24-21-16-12-14(15-8-5-9-17(22)19(15)23)10-11-18(16)25-20(26-21)13-6-3-2-4-7-13;1-24-21-17-11-14(16-9-8-15(22)12-18(16)23)7-10-19(17)25-20(26-21)13-5-3-2-4-6-13;/h2*3-13H,1-2H3;2-11H,1H3,(H,25,26,27);2*2-12H,1H3,(H,24,25,26);1H4. The molecule has 15 aromatic carbocycles. The SMILES string of the molecule is C.CN(C)c1nc(-c2ccccc2)nc2ccc(-c3ccc(F)cc3F)cc12.CN(C)c1nc(-c2ccccc2)nc2ccc(-c3cccc(F)c3F)cc12.CNc1nc(-c2ccccc2)nc2ccc(-c3cc(F)c(F)c(F)c3)cc12.CNc1nc(-c2ccccc2)nc2ccc(-c3ccc(F)cc3F)cc12.CNc1nc(-c2ccccc2)nc2ccc(-c3cccc(F)c3F)cc12. The number of fused-ring (bicyclic) bond motifs is 5. The van der Waals surface area contributed by atoms with Crippen LogP contribution < -0.4 is 25.8 Å². The molecule has 5 aromatic heterocycles. The fraction of sp³-hybridized carbons (Fsp3) is 0.0741. The number of hydrogen-bond acceptors (Lipinski definition) is 15. The molecule has 0 fully saturated rings. The van der Waals surface area contributed by atoms with Gasteiger partial charge < -0.3 is 25.8 Å². The van der Waals surface area contributed by atoms with Gasteiger partial charge in [0.25, 0.3) is 0 Å². The molecule has 15 nitrogen and oxygen atoms in total. The Hall–Kier alpha value is -16.8. The van der Waals surface area contributed by atoms with E-state index in [1.54, 1.807) is 93.9 Å². The molecule has 0 radical (unpaired) electrons. The predicted octanol–water partition coefficient (Wildman–Crippen LogP) is 27.2. The zero-order valence-corrected chi connectivity index (χ0v) is 72.2. The monoisotopic (exact) mass is 1800 g/mol. The van der Waals surface area contributed by atoms with Gasteiger partial charge >= 0.3 is 0 Å². The number of halogens is 11. The summed E-state index contributed by atoms with van der Waals surface area (Å²) in [5.41, 5.74) is 12.5. The van der Waals surface area contributed by atoms with Crippen molar-refractivity contribution in [1.29, 1.82) is 0 Å². The lowest BCUT2D eigenvalue weighted by Crippen LogP contribution is -2.12. The Morgan fingerprint density at radius 2 is 0.470 bits per heavy atom. The third kappa shape index (κ3) is 20.3. The second kappa shape index (κ2) is 40.9. The van der Waals surface area contributed by atoms with E-state index in [-0.39, 0.29) is 24.1 Å². The van der Waals surface area contributed by atoms with E-state index in [4.69, 9.17) is 9.97 Å². The van der Waals surface area contributed by atoms with Crippen LogP contribution in [0.15, 0.2) is 328 Å². The van der Waals surface area contributed by atoms with Crippen LogP contribution in [0.4, 0.5) is 77.4 Å². The van der Waals surface area contributed by atoms with Gasteiger partial charge in [0, 0.05) is 138 Å². The fourth-order valence-electron chi connectivity index (χ4n) is 14.9. The van der Waals surface area contributed by atoms with Crippen molar-refractivity contribution in [2.45, 2.75) is 7.43 Å². The first kappa shape index (κ1) is 92.0. The van der Waals surface area contributed by atoms with E-state index >= 15 is 0 Å². The summed E-state index contributed by atoms with van der Waals surface area (Å²) in [6.07, 6.45) is 0. The highest BCUT2D eigenvalue weighted by molar-refractivity contribution is 5.99. The van der Waals surface area contributed by atoms with E-state index in [0.29, 0.717) is 96.4 Å². The van der Waals surface area contributed by atoms with Crippen LogP contribution in [0.25, 0.3) is 167 Å². The highest BCUT2D eigenvalue weighted by atomic mass is 19.2. The normalized spacial score (nSPS) is 10.9. The van der Waals surface area contributed by atoms with Gasteiger partial charge in [0.15, 0.2) is 69.8 Å². The summed E-state index contributed by atoms with van der Waals surface area (Å²) in [6.45, 7) is 0. The number of benzene rings is 15. The summed E-state index contributed by atoms with van der Waals surface area (Å²) < 4.78 is 151. The van der Waals surface area contributed by atoms with Crippen molar-refractivity contribution in [3.8, 4) is 113 Å². The maximum absolute atomic E-state index is 14.2. The van der Waals surface area contributed by atoms with Gasteiger partial charge in [0.05, 0.1) is 27.6 Å². The fourth-order valence-corrected chi connectivity index (χ4v) is 14.9. The van der Waals surface area contributed by atoms with Gasteiger partial charge in [-0.1, -0.05) is 214 Å². The van der Waals surface area contributed by atoms with Crippen LogP contribution in [0.5, 0.6) is 0 Å². The average Bonchev–Trinajstić information content (AvgIpc) is 0.920. The summed E-state index contributed by atoms with van der Waals surface area (Å²) in [5.74, 6) is -3.41. The number of nitrogens with zero attached hydrogens (tertiary/aromatic N) is 12. The predicted molar refractivity (Wildman–Crippen MR) is 516 cm³/mol. The molecule has 0 aliphatic carbocycles. The molecule has 0 spiro atoms. The average molecular weight is 1800 g/mol. The van der Waals surface area contributed by atoms with Crippen LogP contribution in [-0.4, -0.2) is 99.2 Å². The van der Waals surface area contributed by atoms with Crippen molar-refractivity contribution in [2.24, 2.45) is 0 Å². The largest absolute Gasteiger partial charge is 0.373 e. The molecule has 0 amide bonds. The molecule has 0 atom stereocenters. The first-order valence-corrected chi connectivity index (χ1v) is 41.6. The third-order valence-corrected chi connectivity index (χ3v) is 21.5. The van der Waals surface area contributed by atoms with E-state index in [1.165, 1.54) is 36.4 Å². The zero-order valence-electron chi connectivity index (χ0n) is 72.2. The molecule has 3 N–H and O–H groups in total. The van der Waals surface area contributed by atoms with E-state index in [2.05, 4.69) is 55.8 Å². The number of rotatable bonds is 15. The molecule has 5 heterocycles. The summed E-state index contributed by atoms with van der Waals surface area (Å²) in [6, 6.07) is 92.6. The second-order valence-electron chi connectivity index (χ2n) is 30.7. The van der Waals surface area contributed by atoms with Crippen LogP contribution in [0.1, 0.15) is 7.43 Å². The highest BCUT2D eigenvalue weighted by Gasteiger charge is 2.22. The number of anilines is 5.